The smallest absolute Gasteiger partial charge is 0.356 e. The quantitative estimate of drug-likeness (QED) is 0.748. The predicted molar refractivity (Wildman–Crippen MR) is 59.6 cm³/mol. The highest BCUT2D eigenvalue weighted by molar-refractivity contribution is 5.94. The number of para-hydroxylation sites is 1. The largest absolute Gasteiger partial charge is 0.496 e. The van der Waals surface area contributed by atoms with E-state index in [0.717, 1.165) is 0 Å². The number of ether oxygens (including phenoxy) is 2. The van der Waals surface area contributed by atoms with Crippen LogP contribution < -0.4 is 4.74 Å². The molecule has 0 atom stereocenters. The van der Waals surface area contributed by atoms with Crippen molar-refractivity contribution >= 4 is 16.9 Å². The molecular formula is C12H10FNO3. The number of rotatable bonds is 2. The van der Waals surface area contributed by atoms with Crippen LogP contribution in [0.25, 0.3) is 10.9 Å². The van der Waals surface area contributed by atoms with Crippen molar-refractivity contribution in [3.05, 3.63) is 35.8 Å². The maximum atomic E-state index is 13.6. The second-order valence-electron chi connectivity index (χ2n) is 3.34. The van der Waals surface area contributed by atoms with Crippen molar-refractivity contribution in [2.45, 2.75) is 0 Å². The fourth-order valence-corrected chi connectivity index (χ4v) is 1.56. The van der Waals surface area contributed by atoms with E-state index >= 15 is 0 Å². The van der Waals surface area contributed by atoms with Gasteiger partial charge in [-0.05, 0) is 12.1 Å². The van der Waals surface area contributed by atoms with Crippen LogP contribution in [0.2, 0.25) is 0 Å². The summed E-state index contributed by atoms with van der Waals surface area (Å²) in [5.41, 5.74) is 0.106. The number of hydrogen-bond acceptors (Lipinski definition) is 4. The average Bonchev–Trinajstić information content (AvgIpc) is 2.37. The van der Waals surface area contributed by atoms with Gasteiger partial charge in [0.2, 0.25) is 0 Å². The lowest BCUT2D eigenvalue weighted by molar-refractivity contribution is 0.0594. The van der Waals surface area contributed by atoms with Crippen LogP contribution in [0.5, 0.6) is 5.75 Å². The topological polar surface area (TPSA) is 48.4 Å². The van der Waals surface area contributed by atoms with E-state index < -0.39 is 11.8 Å². The Bertz CT molecular complexity index is 583. The Balaban J connectivity index is 2.76. The van der Waals surface area contributed by atoms with Gasteiger partial charge in [0.1, 0.15) is 17.1 Å². The Morgan fingerprint density at radius 2 is 2.12 bits per heavy atom. The van der Waals surface area contributed by atoms with Gasteiger partial charge in [0.25, 0.3) is 0 Å². The first-order chi connectivity index (χ1) is 8.17. The van der Waals surface area contributed by atoms with Crippen LogP contribution in [0.4, 0.5) is 4.39 Å². The number of benzene rings is 1. The van der Waals surface area contributed by atoms with E-state index in [1.165, 1.54) is 26.4 Å². The summed E-state index contributed by atoms with van der Waals surface area (Å²) in [6, 6.07) is 5.93. The zero-order chi connectivity index (χ0) is 12.4. The van der Waals surface area contributed by atoms with Crippen LogP contribution in [0, 0.1) is 5.82 Å². The molecule has 0 aliphatic rings. The molecule has 1 aromatic heterocycles. The molecule has 1 aromatic carbocycles. The maximum absolute atomic E-state index is 13.6. The minimum atomic E-state index is -0.631. The molecule has 0 aliphatic heterocycles. The summed E-state index contributed by atoms with van der Waals surface area (Å²) in [6.45, 7) is 0. The van der Waals surface area contributed by atoms with Crippen LogP contribution in [-0.2, 0) is 4.74 Å². The Kier molecular flexibility index (Phi) is 2.91. The highest BCUT2D eigenvalue weighted by Crippen LogP contribution is 2.26. The Hall–Kier alpha value is -2.17. The molecule has 0 bridgehead atoms. The van der Waals surface area contributed by atoms with Gasteiger partial charge >= 0.3 is 5.97 Å². The molecule has 0 radical (unpaired) electrons. The van der Waals surface area contributed by atoms with Crippen LogP contribution in [0.3, 0.4) is 0 Å². The normalized spacial score (nSPS) is 10.3. The molecule has 0 saturated carbocycles. The molecule has 2 rings (SSSR count). The molecule has 0 saturated heterocycles. The van der Waals surface area contributed by atoms with Crippen molar-refractivity contribution in [1.82, 2.24) is 4.98 Å². The summed E-state index contributed by atoms with van der Waals surface area (Å²) in [4.78, 5) is 15.3. The van der Waals surface area contributed by atoms with E-state index in [4.69, 9.17) is 4.74 Å². The molecular weight excluding hydrogens is 225 g/mol. The van der Waals surface area contributed by atoms with Gasteiger partial charge in [-0.25, -0.2) is 14.2 Å². The Labute approximate surface area is 97.0 Å². The highest BCUT2D eigenvalue weighted by Gasteiger charge is 2.14. The molecule has 4 nitrogen and oxygen atoms in total. The van der Waals surface area contributed by atoms with Crippen LogP contribution in [0.15, 0.2) is 24.3 Å². The number of pyridine rings is 1. The Morgan fingerprint density at radius 3 is 2.76 bits per heavy atom. The zero-order valence-electron chi connectivity index (χ0n) is 9.36. The van der Waals surface area contributed by atoms with Gasteiger partial charge in [-0.15, -0.1) is 0 Å². The number of esters is 1. The highest BCUT2D eigenvalue weighted by atomic mass is 19.1. The van der Waals surface area contributed by atoms with Gasteiger partial charge in [0.05, 0.1) is 14.2 Å². The third-order valence-corrected chi connectivity index (χ3v) is 2.37. The minimum Gasteiger partial charge on any atom is -0.496 e. The molecule has 5 heteroatoms. The number of methoxy groups -OCH3 is 2. The number of nitrogens with zero attached hydrogens (tertiary/aromatic N) is 1. The number of halogens is 1. The van der Waals surface area contributed by atoms with Crippen molar-refractivity contribution in [2.24, 2.45) is 0 Å². The lowest BCUT2D eigenvalue weighted by Crippen LogP contribution is -2.05. The van der Waals surface area contributed by atoms with E-state index in [1.54, 1.807) is 12.1 Å². The lowest BCUT2D eigenvalue weighted by Gasteiger charge is -2.07. The number of carbonyl (C=O) groups is 1. The second-order valence-corrected chi connectivity index (χ2v) is 3.34. The molecule has 1 heterocycles. The third-order valence-electron chi connectivity index (χ3n) is 2.37. The van der Waals surface area contributed by atoms with Crippen molar-refractivity contribution in [3.8, 4) is 5.75 Å². The summed E-state index contributed by atoms with van der Waals surface area (Å²) >= 11 is 0. The molecule has 0 aliphatic carbocycles. The van der Waals surface area contributed by atoms with Crippen molar-refractivity contribution in [3.63, 3.8) is 0 Å². The summed E-state index contributed by atoms with van der Waals surface area (Å²) in [5.74, 6) is -0.755. The van der Waals surface area contributed by atoms with Crippen molar-refractivity contribution < 1.29 is 18.7 Å². The lowest BCUT2D eigenvalue weighted by atomic mass is 10.1. The van der Waals surface area contributed by atoms with Crippen LogP contribution in [-0.4, -0.2) is 25.2 Å². The second kappa shape index (κ2) is 4.37. The molecule has 0 unspecified atom stereocenters. The van der Waals surface area contributed by atoms with E-state index in [9.17, 15) is 9.18 Å². The number of hydrogen-bond donors (Lipinski definition) is 0. The van der Waals surface area contributed by atoms with E-state index in [2.05, 4.69) is 9.72 Å². The van der Waals surface area contributed by atoms with Crippen LogP contribution >= 0.6 is 0 Å². The molecule has 0 amide bonds. The van der Waals surface area contributed by atoms with Gasteiger partial charge in [0.15, 0.2) is 5.69 Å². The summed E-state index contributed by atoms with van der Waals surface area (Å²) in [6.07, 6.45) is 0. The summed E-state index contributed by atoms with van der Waals surface area (Å²) < 4.78 is 23.2. The zero-order valence-corrected chi connectivity index (χ0v) is 9.36. The first-order valence-electron chi connectivity index (χ1n) is 4.89. The molecule has 88 valence electrons. The van der Waals surface area contributed by atoms with E-state index in [-0.39, 0.29) is 11.2 Å². The van der Waals surface area contributed by atoms with Gasteiger partial charge in [-0.2, -0.15) is 0 Å². The number of fused-ring (bicyclic) bond motifs is 1. The maximum Gasteiger partial charge on any atom is 0.356 e. The molecule has 0 spiro atoms. The standard InChI is InChI=1S/C12H10FNO3/c1-16-10-6-9(12(15)17-2)14-11-7(10)4-3-5-8(11)13/h3-6H,1-2H3. The minimum absolute atomic E-state index is 0.0157. The van der Waals surface area contributed by atoms with Gasteiger partial charge in [-0.3, -0.25) is 0 Å². The molecule has 0 fully saturated rings. The van der Waals surface area contributed by atoms with Gasteiger partial charge in [-0.1, -0.05) is 6.07 Å². The van der Waals surface area contributed by atoms with Crippen molar-refractivity contribution in [2.75, 3.05) is 14.2 Å². The fraction of sp³-hybridized carbons (Fsp3) is 0.167. The third kappa shape index (κ3) is 1.91. The summed E-state index contributed by atoms with van der Waals surface area (Å²) in [7, 11) is 2.68. The Morgan fingerprint density at radius 1 is 1.35 bits per heavy atom. The monoisotopic (exact) mass is 235 g/mol. The van der Waals surface area contributed by atoms with Gasteiger partial charge < -0.3 is 9.47 Å². The SMILES string of the molecule is COC(=O)c1cc(OC)c2cccc(F)c2n1. The number of aromatic nitrogens is 1. The number of carbonyl (C=O) groups excluding carboxylic acids is 1. The molecule has 2 aromatic rings. The predicted octanol–water partition coefficient (Wildman–Crippen LogP) is 2.17. The molecule has 17 heavy (non-hydrogen) atoms. The summed E-state index contributed by atoms with van der Waals surface area (Å²) in [5, 5.41) is 0.514. The average molecular weight is 235 g/mol. The van der Waals surface area contributed by atoms with Crippen LogP contribution in [0.1, 0.15) is 10.5 Å². The first kappa shape index (κ1) is 11.3. The van der Waals surface area contributed by atoms with Gasteiger partial charge in [0, 0.05) is 11.5 Å². The van der Waals surface area contributed by atoms with E-state index in [0.29, 0.717) is 11.1 Å². The molecule has 0 N–H and O–H groups in total. The van der Waals surface area contributed by atoms with Crippen molar-refractivity contribution in [1.29, 1.82) is 0 Å². The fourth-order valence-electron chi connectivity index (χ4n) is 1.56. The van der Waals surface area contributed by atoms with E-state index in [1.807, 2.05) is 0 Å². The first-order valence-corrected chi connectivity index (χ1v) is 4.89.